The number of rotatable bonds is 7. The van der Waals surface area contributed by atoms with Gasteiger partial charge in [0.2, 0.25) is 5.95 Å². The summed E-state index contributed by atoms with van der Waals surface area (Å²) in [5.74, 6) is 1.46. The van der Waals surface area contributed by atoms with Crippen LogP contribution in [0.3, 0.4) is 0 Å². The first-order valence-electron chi connectivity index (χ1n) is 5.62. The summed E-state index contributed by atoms with van der Waals surface area (Å²) in [5.41, 5.74) is 0.957. The summed E-state index contributed by atoms with van der Waals surface area (Å²) in [5, 5.41) is 3.28. The summed E-state index contributed by atoms with van der Waals surface area (Å²) in [7, 11) is 0.894. The third-order valence-electron chi connectivity index (χ3n) is 2.31. The van der Waals surface area contributed by atoms with E-state index in [-0.39, 0.29) is 6.04 Å². The van der Waals surface area contributed by atoms with Crippen molar-refractivity contribution in [2.75, 3.05) is 31.0 Å². The van der Waals surface area contributed by atoms with E-state index >= 15 is 0 Å². The van der Waals surface area contributed by atoms with Crippen LogP contribution in [-0.2, 0) is 22.1 Å². The van der Waals surface area contributed by atoms with Crippen LogP contribution in [0.1, 0.15) is 12.6 Å². The fourth-order valence-electron chi connectivity index (χ4n) is 1.57. The quantitative estimate of drug-likeness (QED) is 0.794. The van der Waals surface area contributed by atoms with E-state index in [0.717, 1.165) is 11.6 Å². The molecule has 2 atom stereocenters. The normalized spacial score (nSPS) is 14.6. The molecule has 1 aromatic heterocycles. The molecule has 0 amide bonds. The van der Waals surface area contributed by atoms with Crippen LogP contribution < -0.4 is 5.32 Å². The van der Waals surface area contributed by atoms with Gasteiger partial charge in [0, 0.05) is 48.7 Å². The van der Waals surface area contributed by atoms with Crippen molar-refractivity contribution in [3.8, 4) is 0 Å². The molecule has 0 aliphatic carbocycles. The number of imidazole rings is 1. The third-order valence-corrected chi connectivity index (χ3v) is 3.07. The molecule has 1 rings (SSSR count). The first kappa shape index (κ1) is 14.2. The molecule has 5 nitrogen and oxygen atoms in total. The number of aromatic nitrogens is 2. The van der Waals surface area contributed by atoms with Gasteiger partial charge >= 0.3 is 0 Å². The molecular formula is C11H21N3O2S. The number of aryl methyl sites for hydroxylation is 2. The van der Waals surface area contributed by atoms with E-state index in [1.807, 2.05) is 24.6 Å². The Morgan fingerprint density at radius 1 is 1.65 bits per heavy atom. The minimum absolute atomic E-state index is 0.202. The van der Waals surface area contributed by atoms with Crippen LogP contribution in [0.25, 0.3) is 0 Å². The summed E-state index contributed by atoms with van der Waals surface area (Å²) in [4.78, 5) is 4.41. The van der Waals surface area contributed by atoms with Gasteiger partial charge in [0.1, 0.15) is 0 Å². The maximum Gasteiger partial charge on any atom is 0.203 e. The van der Waals surface area contributed by atoms with Gasteiger partial charge in [-0.05, 0) is 13.8 Å². The Kier molecular flexibility index (Phi) is 5.64. The number of methoxy groups -OCH3 is 1. The minimum atomic E-state index is -0.782. The Balaban J connectivity index is 2.66. The number of hydrogen-bond donors (Lipinski definition) is 1. The Labute approximate surface area is 105 Å². The molecule has 1 heterocycles. The van der Waals surface area contributed by atoms with Crippen LogP contribution in [0.2, 0.25) is 0 Å². The second kappa shape index (κ2) is 6.76. The lowest BCUT2D eigenvalue weighted by Gasteiger charge is -2.14. The van der Waals surface area contributed by atoms with E-state index in [4.69, 9.17) is 4.74 Å². The van der Waals surface area contributed by atoms with Crippen LogP contribution in [0.5, 0.6) is 0 Å². The highest BCUT2D eigenvalue weighted by atomic mass is 32.2. The van der Waals surface area contributed by atoms with Crippen LogP contribution in [0, 0.1) is 6.92 Å². The smallest absolute Gasteiger partial charge is 0.203 e. The maximum absolute atomic E-state index is 11.1. The second-order valence-electron chi connectivity index (χ2n) is 4.18. The Morgan fingerprint density at radius 3 is 2.94 bits per heavy atom. The second-order valence-corrected chi connectivity index (χ2v) is 5.73. The van der Waals surface area contributed by atoms with E-state index in [9.17, 15) is 4.21 Å². The van der Waals surface area contributed by atoms with Crippen LogP contribution in [0.4, 0.5) is 5.95 Å². The van der Waals surface area contributed by atoms with Gasteiger partial charge in [-0.1, -0.05) is 0 Å². The predicted molar refractivity (Wildman–Crippen MR) is 70.9 cm³/mol. The molecule has 0 saturated heterocycles. The fourth-order valence-corrected chi connectivity index (χ4v) is 2.03. The van der Waals surface area contributed by atoms with Gasteiger partial charge < -0.3 is 14.6 Å². The number of nitrogens with zero attached hydrogens (tertiary/aromatic N) is 2. The van der Waals surface area contributed by atoms with Crippen molar-refractivity contribution in [1.29, 1.82) is 0 Å². The van der Waals surface area contributed by atoms with Crippen molar-refractivity contribution >= 4 is 16.7 Å². The zero-order chi connectivity index (χ0) is 12.8. The molecule has 0 aromatic carbocycles. The average Bonchev–Trinajstić information content (AvgIpc) is 2.56. The highest BCUT2D eigenvalue weighted by Gasteiger charge is 2.09. The van der Waals surface area contributed by atoms with Crippen molar-refractivity contribution in [2.24, 2.45) is 0 Å². The monoisotopic (exact) mass is 259 g/mol. The minimum Gasteiger partial charge on any atom is -0.383 e. The fraction of sp³-hybridized carbons (Fsp3) is 0.727. The highest BCUT2D eigenvalue weighted by molar-refractivity contribution is 7.84. The first-order chi connectivity index (χ1) is 8.02. The topological polar surface area (TPSA) is 56.1 Å². The van der Waals surface area contributed by atoms with Crippen molar-refractivity contribution in [1.82, 2.24) is 9.55 Å². The molecular weight excluding hydrogens is 238 g/mol. The lowest BCUT2D eigenvalue weighted by molar-refractivity contribution is 0.190. The van der Waals surface area contributed by atoms with E-state index < -0.39 is 10.8 Å². The molecule has 1 N–H and O–H groups in total. The molecule has 17 heavy (non-hydrogen) atoms. The molecule has 0 fully saturated rings. The van der Waals surface area contributed by atoms with Crippen molar-refractivity contribution in [3.63, 3.8) is 0 Å². The largest absolute Gasteiger partial charge is 0.383 e. The van der Waals surface area contributed by atoms with Crippen LogP contribution in [0.15, 0.2) is 6.20 Å². The van der Waals surface area contributed by atoms with E-state index in [2.05, 4.69) is 10.3 Å². The van der Waals surface area contributed by atoms with Crippen molar-refractivity contribution in [3.05, 3.63) is 11.9 Å². The average molecular weight is 259 g/mol. The summed E-state index contributed by atoms with van der Waals surface area (Å²) in [6.45, 7) is 5.33. The lowest BCUT2D eigenvalue weighted by atomic mass is 10.4. The van der Waals surface area contributed by atoms with Gasteiger partial charge in [0.05, 0.1) is 12.3 Å². The standard InChI is InChI=1S/C11H21N3O2S/c1-9-7-14(5-6-17(4)15)11(12-9)13-10(2)8-16-3/h7,10H,5-6,8H2,1-4H3,(H,12,13). The molecule has 0 aliphatic heterocycles. The zero-order valence-corrected chi connectivity index (χ0v) is 11.7. The molecule has 0 spiro atoms. The molecule has 2 unspecified atom stereocenters. The molecule has 0 saturated carbocycles. The first-order valence-corrected chi connectivity index (χ1v) is 7.35. The molecule has 0 aliphatic rings. The number of nitrogens with one attached hydrogen (secondary N) is 1. The summed E-state index contributed by atoms with van der Waals surface area (Å²) >= 11 is 0. The summed E-state index contributed by atoms with van der Waals surface area (Å²) < 4.78 is 18.2. The van der Waals surface area contributed by atoms with Crippen molar-refractivity contribution < 1.29 is 8.95 Å². The van der Waals surface area contributed by atoms with Gasteiger partial charge in [-0.25, -0.2) is 4.98 Å². The van der Waals surface area contributed by atoms with Crippen LogP contribution >= 0.6 is 0 Å². The van der Waals surface area contributed by atoms with Crippen molar-refractivity contribution in [2.45, 2.75) is 26.4 Å². The van der Waals surface area contributed by atoms with Crippen LogP contribution in [-0.4, -0.2) is 45.5 Å². The molecule has 0 radical (unpaired) electrons. The molecule has 1 aromatic rings. The van der Waals surface area contributed by atoms with E-state index in [1.54, 1.807) is 13.4 Å². The Hall–Kier alpha value is -0.880. The van der Waals surface area contributed by atoms with Gasteiger partial charge in [-0.3, -0.25) is 4.21 Å². The van der Waals surface area contributed by atoms with Gasteiger partial charge in [-0.15, -0.1) is 0 Å². The van der Waals surface area contributed by atoms with E-state index in [0.29, 0.717) is 18.9 Å². The van der Waals surface area contributed by atoms with Gasteiger partial charge in [0.15, 0.2) is 0 Å². The summed E-state index contributed by atoms with van der Waals surface area (Å²) in [6.07, 6.45) is 3.68. The maximum atomic E-state index is 11.1. The van der Waals surface area contributed by atoms with Gasteiger partial charge in [-0.2, -0.15) is 0 Å². The number of hydrogen-bond acceptors (Lipinski definition) is 4. The number of anilines is 1. The highest BCUT2D eigenvalue weighted by Crippen LogP contribution is 2.10. The zero-order valence-electron chi connectivity index (χ0n) is 10.9. The summed E-state index contributed by atoms with van der Waals surface area (Å²) in [6, 6.07) is 0.202. The Bertz CT molecular complexity index is 379. The molecule has 0 bridgehead atoms. The number of ether oxygens (including phenoxy) is 1. The SMILES string of the molecule is COCC(C)Nc1nc(C)cn1CCS(C)=O. The van der Waals surface area contributed by atoms with E-state index in [1.165, 1.54) is 0 Å². The Morgan fingerprint density at radius 2 is 2.35 bits per heavy atom. The molecule has 6 heteroatoms. The predicted octanol–water partition coefficient (Wildman–Crippen LogP) is 1.02. The van der Waals surface area contributed by atoms with Gasteiger partial charge in [0.25, 0.3) is 0 Å². The third kappa shape index (κ3) is 4.87. The molecule has 98 valence electrons. The lowest BCUT2D eigenvalue weighted by Crippen LogP contribution is -2.23.